The quantitative estimate of drug-likeness (QED) is 0.712. The lowest BCUT2D eigenvalue weighted by Crippen LogP contribution is -2.13. The van der Waals surface area contributed by atoms with E-state index in [0.29, 0.717) is 5.75 Å². The molecule has 8 heteroatoms. The van der Waals surface area contributed by atoms with Crippen LogP contribution in [0, 0.1) is 6.92 Å². The van der Waals surface area contributed by atoms with Crippen molar-refractivity contribution in [3.05, 3.63) is 40.8 Å². The Kier molecular flexibility index (Phi) is 4.81. The molecular weight excluding hydrogens is 336 g/mol. The Morgan fingerprint density at radius 2 is 2.09 bits per heavy atom. The van der Waals surface area contributed by atoms with Crippen LogP contribution in [0.5, 0.6) is 0 Å². The number of aromatic nitrogens is 3. The van der Waals surface area contributed by atoms with E-state index in [4.69, 9.17) is 0 Å². The topological polar surface area (TPSA) is 67.8 Å². The molecule has 3 rings (SSSR count). The van der Waals surface area contributed by atoms with Crippen LogP contribution in [0.2, 0.25) is 0 Å². The van der Waals surface area contributed by atoms with Gasteiger partial charge in [0.15, 0.2) is 4.34 Å². The molecule has 0 bridgehead atoms. The van der Waals surface area contributed by atoms with E-state index in [2.05, 4.69) is 20.5 Å². The Morgan fingerprint density at radius 1 is 1.27 bits per heavy atom. The molecule has 3 aromatic rings. The number of rotatable bonds is 5. The zero-order chi connectivity index (χ0) is 15.4. The first-order valence-electron chi connectivity index (χ1n) is 6.42. The van der Waals surface area contributed by atoms with E-state index in [9.17, 15) is 4.79 Å². The van der Waals surface area contributed by atoms with Gasteiger partial charge in [-0.1, -0.05) is 23.1 Å². The maximum Gasteiger partial charge on any atom is 0.234 e. The summed E-state index contributed by atoms with van der Waals surface area (Å²) in [4.78, 5) is 16.3. The van der Waals surface area contributed by atoms with Gasteiger partial charge in [-0.15, -0.1) is 21.5 Å². The number of benzene rings is 1. The summed E-state index contributed by atoms with van der Waals surface area (Å²) in [5.41, 5.74) is 4.50. The minimum Gasteiger partial charge on any atom is -0.325 e. The van der Waals surface area contributed by atoms with E-state index >= 15 is 0 Å². The van der Waals surface area contributed by atoms with Crippen LogP contribution in [0.4, 0.5) is 5.69 Å². The average molecular weight is 348 g/mol. The number of aryl methyl sites for hydroxylation is 1. The second kappa shape index (κ2) is 6.99. The summed E-state index contributed by atoms with van der Waals surface area (Å²) in [6.07, 6.45) is 0. The molecule has 0 saturated carbocycles. The van der Waals surface area contributed by atoms with Gasteiger partial charge in [-0.2, -0.15) is 0 Å². The molecular formula is C14H12N4OS3. The van der Waals surface area contributed by atoms with Crippen molar-refractivity contribution in [1.29, 1.82) is 0 Å². The molecule has 0 aliphatic rings. The minimum absolute atomic E-state index is 0.0574. The predicted octanol–water partition coefficient (Wildman–Crippen LogP) is 3.70. The second-order valence-electron chi connectivity index (χ2n) is 4.41. The van der Waals surface area contributed by atoms with Gasteiger partial charge >= 0.3 is 0 Å². The van der Waals surface area contributed by atoms with Crippen molar-refractivity contribution in [3.8, 4) is 10.6 Å². The monoisotopic (exact) mass is 348 g/mol. The molecule has 0 atom stereocenters. The molecule has 0 saturated heterocycles. The Morgan fingerprint density at radius 3 is 2.73 bits per heavy atom. The van der Waals surface area contributed by atoms with Gasteiger partial charge in [0.05, 0.1) is 5.75 Å². The molecule has 2 aromatic heterocycles. The van der Waals surface area contributed by atoms with E-state index in [1.54, 1.807) is 16.8 Å². The summed E-state index contributed by atoms with van der Waals surface area (Å²) >= 11 is 4.42. The molecule has 5 nitrogen and oxygen atoms in total. The van der Waals surface area contributed by atoms with Crippen molar-refractivity contribution in [2.45, 2.75) is 11.3 Å². The molecule has 0 aliphatic heterocycles. The molecule has 22 heavy (non-hydrogen) atoms. The second-order valence-corrected chi connectivity index (χ2v) is 7.33. The smallest absolute Gasteiger partial charge is 0.234 e. The van der Waals surface area contributed by atoms with Crippen LogP contribution in [-0.2, 0) is 4.79 Å². The highest BCUT2D eigenvalue weighted by Crippen LogP contribution is 2.25. The molecule has 112 valence electrons. The van der Waals surface area contributed by atoms with Gasteiger partial charge in [-0.3, -0.25) is 4.79 Å². The van der Waals surface area contributed by atoms with Crippen molar-refractivity contribution in [2.75, 3.05) is 11.1 Å². The minimum atomic E-state index is -0.0574. The highest BCUT2D eigenvalue weighted by molar-refractivity contribution is 8.01. The van der Waals surface area contributed by atoms with Crippen LogP contribution in [0.25, 0.3) is 10.6 Å². The number of hydrogen-bond donors (Lipinski definition) is 1. The van der Waals surface area contributed by atoms with Gasteiger partial charge in [-0.05, 0) is 31.2 Å². The average Bonchev–Trinajstić information content (AvgIpc) is 3.17. The van der Waals surface area contributed by atoms with E-state index in [1.807, 2.05) is 36.6 Å². The van der Waals surface area contributed by atoms with Crippen LogP contribution in [0.1, 0.15) is 5.69 Å². The van der Waals surface area contributed by atoms with Crippen molar-refractivity contribution < 1.29 is 4.79 Å². The van der Waals surface area contributed by atoms with E-state index in [-0.39, 0.29) is 5.91 Å². The highest BCUT2D eigenvalue weighted by atomic mass is 32.2. The molecule has 0 radical (unpaired) electrons. The van der Waals surface area contributed by atoms with Crippen molar-refractivity contribution in [1.82, 2.24) is 15.2 Å². The van der Waals surface area contributed by atoms with E-state index < -0.39 is 0 Å². The van der Waals surface area contributed by atoms with Crippen LogP contribution >= 0.6 is 34.4 Å². The van der Waals surface area contributed by atoms with Crippen LogP contribution in [-0.4, -0.2) is 26.8 Å². The van der Waals surface area contributed by atoms with Gasteiger partial charge in [0.25, 0.3) is 0 Å². The summed E-state index contributed by atoms with van der Waals surface area (Å²) in [5, 5.41) is 13.5. The molecule has 0 unspecified atom stereocenters. The number of nitrogens with zero attached hydrogens (tertiary/aromatic N) is 3. The maximum absolute atomic E-state index is 11.9. The van der Waals surface area contributed by atoms with Crippen molar-refractivity contribution in [3.63, 3.8) is 0 Å². The SMILES string of the molecule is Cc1csc(-c2ccc(NC(=O)CSc3nncs3)cc2)n1. The lowest BCUT2D eigenvalue weighted by atomic mass is 10.2. The molecule has 0 spiro atoms. The summed E-state index contributed by atoms with van der Waals surface area (Å²) in [5.74, 6) is 0.265. The van der Waals surface area contributed by atoms with Crippen molar-refractivity contribution in [2.24, 2.45) is 0 Å². The summed E-state index contributed by atoms with van der Waals surface area (Å²) in [6, 6.07) is 7.71. The standard InChI is InChI=1S/C14H12N4OS3/c1-9-6-20-13(16-9)10-2-4-11(5-3-10)17-12(19)7-21-14-18-15-8-22-14/h2-6,8H,7H2,1H3,(H,17,19). The Bertz CT molecular complexity index is 753. The zero-order valence-corrected chi connectivity index (χ0v) is 14.1. The normalized spacial score (nSPS) is 10.6. The third-order valence-corrected chi connectivity index (χ3v) is 5.57. The fraction of sp³-hybridized carbons (Fsp3) is 0.143. The first-order chi connectivity index (χ1) is 10.7. The Labute approximate surface area is 139 Å². The van der Waals surface area contributed by atoms with Crippen molar-refractivity contribution >= 4 is 46.0 Å². The number of anilines is 1. The van der Waals surface area contributed by atoms with Gasteiger partial charge in [-0.25, -0.2) is 4.98 Å². The summed E-state index contributed by atoms with van der Waals surface area (Å²) in [7, 11) is 0. The number of nitrogens with one attached hydrogen (secondary N) is 1. The molecule has 0 fully saturated rings. The third-order valence-electron chi connectivity index (χ3n) is 2.70. The number of carbonyl (C=O) groups excluding carboxylic acids is 1. The molecule has 1 amide bonds. The van der Waals surface area contributed by atoms with Gasteiger partial charge in [0.1, 0.15) is 10.5 Å². The number of thiazole rings is 1. The number of amides is 1. The highest BCUT2D eigenvalue weighted by Gasteiger charge is 2.07. The van der Waals surface area contributed by atoms with Gasteiger partial charge < -0.3 is 5.32 Å². The zero-order valence-electron chi connectivity index (χ0n) is 11.6. The Balaban J connectivity index is 1.57. The molecule has 1 aromatic carbocycles. The lowest BCUT2D eigenvalue weighted by Gasteiger charge is -2.05. The number of hydrogen-bond acceptors (Lipinski definition) is 7. The molecule has 1 N–H and O–H groups in total. The maximum atomic E-state index is 11.9. The van der Waals surface area contributed by atoms with Gasteiger partial charge in [0.2, 0.25) is 5.91 Å². The summed E-state index contributed by atoms with van der Waals surface area (Å²) in [6.45, 7) is 1.98. The van der Waals surface area contributed by atoms with Crippen LogP contribution in [0.15, 0.2) is 39.5 Å². The largest absolute Gasteiger partial charge is 0.325 e. The lowest BCUT2D eigenvalue weighted by molar-refractivity contribution is -0.113. The summed E-state index contributed by atoms with van der Waals surface area (Å²) < 4.78 is 0.796. The fourth-order valence-electron chi connectivity index (χ4n) is 1.73. The first kappa shape index (κ1) is 15.1. The number of carbonyl (C=O) groups is 1. The fourth-order valence-corrected chi connectivity index (χ4v) is 3.83. The molecule has 2 heterocycles. The first-order valence-corrected chi connectivity index (χ1v) is 9.16. The third kappa shape index (κ3) is 3.90. The number of thioether (sulfide) groups is 1. The van der Waals surface area contributed by atoms with E-state index in [1.165, 1.54) is 23.1 Å². The van der Waals surface area contributed by atoms with E-state index in [0.717, 1.165) is 26.3 Å². The predicted molar refractivity (Wildman–Crippen MR) is 91.5 cm³/mol. The van der Waals surface area contributed by atoms with Crippen LogP contribution < -0.4 is 5.32 Å². The van der Waals surface area contributed by atoms with Crippen LogP contribution in [0.3, 0.4) is 0 Å². The van der Waals surface area contributed by atoms with Gasteiger partial charge in [0, 0.05) is 22.3 Å². The molecule has 0 aliphatic carbocycles. The Hall–Kier alpha value is -1.77.